The number of para-hydroxylation sites is 1. The third-order valence-corrected chi connectivity index (χ3v) is 6.62. The number of hydrogen-bond acceptors (Lipinski definition) is 5. The van der Waals surface area contributed by atoms with Crippen molar-refractivity contribution in [1.82, 2.24) is 25.1 Å². The zero-order chi connectivity index (χ0) is 26.8. The first kappa shape index (κ1) is 25.1. The first-order valence-corrected chi connectivity index (χ1v) is 12.3. The summed E-state index contributed by atoms with van der Waals surface area (Å²) >= 11 is 0. The number of nitrogens with zero attached hydrogens (tertiary/aromatic N) is 3. The van der Waals surface area contributed by atoms with Gasteiger partial charge in [-0.2, -0.15) is 0 Å². The smallest absolute Gasteiger partial charge is 0.317 e. The van der Waals surface area contributed by atoms with Crippen molar-refractivity contribution in [1.29, 1.82) is 0 Å². The van der Waals surface area contributed by atoms with Crippen LogP contribution in [0.25, 0.3) is 33.3 Å². The highest BCUT2D eigenvalue weighted by Gasteiger charge is 2.22. The van der Waals surface area contributed by atoms with E-state index in [1.165, 1.54) is 11.0 Å². The molecular weight excluding hydrogens is 487 g/mol. The largest absolute Gasteiger partial charge is 0.496 e. The van der Waals surface area contributed by atoms with Crippen LogP contribution in [-0.2, 0) is 0 Å². The van der Waals surface area contributed by atoms with E-state index < -0.39 is 5.82 Å². The van der Waals surface area contributed by atoms with Crippen molar-refractivity contribution in [3.05, 3.63) is 66.2 Å². The van der Waals surface area contributed by atoms with Crippen molar-refractivity contribution in [2.45, 2.75) is 0 Å². The van der Waals surface area contributed by atoms with Gasteiger partial charge in [0, 0.05) is 74.7 Å². The molecule has 0 spiro atoms. The number of pyridine rings is 1. The SMILES string of the molecule is COc1ccccc1-c1c[nH]c2ncc(-c3cc(F)c(NCCN4CCNC4=O)c(C(=O)N(C)C)c3)cc12. The third-order valence-electron chi connectivity index (χ3n) is 6.62. The van der Waals surface area contributed by atoms with Crippen LogP contribution in [0.5, 0.6) is 5.75 Å². The van der Waals surface area contributed by atoms with Gasteiger partial charge >= 0.3 is 6.03 Å². The lowest BCUT2D eigenvalue weighted by molar-refractivity contribution is 0.0828. The number of ether oxygens (including phenoxy) is 1. The number of carbonyl (C=O) groups is 2. The number of hydrogen-bond donors (Lipinski definition) is 3. The van der Waals surface area contributed by atoms with Crippen LogP contribution in [0, 0.1) is 5.82 Å². The summed E-state index contributed by atoms with van der Waals surface area (Å²) < 4.78 is 21.1. The van der Waals surface area contributed by atoms with Gasteiger partial charge in [-0.3, -0.25) is 4.79 Å². The Morgan fingerprint density at radius 1 is 1.18 bits per heavy atom. The van der Waals surface area contributed by atoms with Crippen LogP contribution in [0.3, 0.4) is 0 Å². The summed E-state index contributed by atoms with van der Waals surface area (Å²) in [5.74, 6) is -0.166. The third kappa shape index (κ3) is 4.72. The molecule has 2 aromatic heterocycles. The van der Waals surface area contributed by atoms with E-state index in [-0.39, 0.29) is 23.2 Å². The number of halogens is 1. The molecule has 38 heavy (non-hydrogen) atoms. The van der Waals surface area contributed by atoms with Crippen LogP contribution in [-0.4, -0.2) is 79.1 Å². The molecule has 0 saturated carbocycles. The molecule has 0 unspecified atom stereocenters. The van der Waals surface area contributed by atoms with Crippen molar-refractivity contribution in [2.24, 2.45) is 0 Å². The summed E-state index contributed by atoms with van der Waals surface area (Å²) in [6, 6.07) is 12.6. The zero-order valence-electron chi connectivity index (χ0n) is 21.5. The Morgan fingerprint density at radius 3 is 2.74 bits per heavy atom. The van der Waals surface area contributed by atoms with Gasteiger partial charge in [0.15, 0.2) is 0 Å². The van der Waals surface area contributed by atoms with Gasteiger partial charge in [0.25, 0.3) is 5.91 Å². The Hall–Kier alpha value is -4.60. The van der Waals surface area contributed by atoms with E-state index in [4.69, 9.17) is 4.74 Å². The van der Waals surface area contributed by atoms with Gasteiger partial charge in [-0.25, -0.2) is 14.2 Å². The van der Waals surface area contributed by atoms with Crippen molar-refractivity contribution >= 4 is 28.7 Å². The van der Waals surface area contributed by atoms with Crippen LogP contribution in [0.1, 0.15) is 10.4 Å². The van der Waals surface area contributed by atoms with E-state index in [1.54, 1.807) is 38.4 Å². The van der Waals surface area contributed by atoms with Crippen LogP contribution < -0.4 is 15.4 Å². The van der Waals surface area contributed by atoms with Crippen LogP contribution >= 0.6 is 0 Å². The fraction of sp³-hybridized carbons (Fsp3) is 0.250. The van der Waals surface area contributed by atoms with Crippen molar-refractivity contribution in [2.75, 3.05) is 52.7 Å². The molecule has 0 aliphatic carbocycles. The van der Waals surface area contributed by atoms with Gasteiger partial charge in [-0.15, -0.1) is 0 Å². The molecule has 0 bridgehead atoms. The molecule has 5 rings (SSSR count). The van der Waals surface area contributed by atoms with E-state index in [0.717, 1.165) is 22.3 Å². The van der Waals surface area contributed by atoms with E-state index in [9.17, 15) is 9.59 Å². The van der Waals surface area contributed by atoms with Gasteiger partial charge < -0.3 is 30.2 Å². The Morgan fingerprint density at radius 2 is 2.00 bits per heavy atom. The molecular formula is C28H29FN6O3. The quantitative estimate of drug-likeness (QED) is 0.326. The number of carbonyl (C=O) groups excluding carboxylic acids is 2. The van der Waals surface area contributed by atoms with Gasteiger partial charge in [-0.1, -0.05) is 18.2 Å². The number of urea groups is 1. The Labute approximate surface area is 219 Å². The second-order valence-corrected chi connectivity index (χ2v) is 9.25. The molecule has 1 aliphatic heterocycles. The van der Waals surface area contributed by atoms with Gasteiger partial charge in [0.05, 0.1) is 18.4 Å². The van der Waals surface area contributed by atoms with E-state index in [2.05, 4.69) is 20.6 Å². The summed E-state index contributed by atoms with van der Waals surface area (Å²) in [5.41, 5.74) is 4.00. The molecule has 1 aliphatic rings. The minimum atomic E-state index is -0.558. The number of rotatable bonds is 8. The average Bonchev–Trinajstić information content (AvgIpc) is 3.54. The summed E-state index contributed by atoms with van der Waals surface area (Å²) in [6.45, 7) is 1.88. The van der Waals surface area contributed by atoms with Gasteiger partial charge in [-0.05, 0) is 29.8 Å². The summed E-state index contributed by atoms with van der Waals surface area (Å²) in [4.78, 5) is 35.7. The fourth-order valence-electron chi connectivity index (χ4n) is 4.65. The maximum Gasteiger partial charge on any atom is 0.317 e. The van der Waals surface area contributed by atoms with E-state index >= 15 is 4.39 Å². The van der Waals surface area contributed by atoms with Crippen LogP contribution in [0.2, 0.25) is 0 Å². The number of nitrogens with one attached hydrogen (secondary N) is 3. The van der Waals surface area contributed by atoms with Gasteiger partial charge in [0.1, 0.15) is 17.2 Å². The number of methoxy groups -OCH3 is 1. The highest BCUT2D eigenvalue weighted by atomic mass is 19.1. The molecule has 3 N–H and O–H groups in total. The molecule has 1 fully saturated rings. The van der Waals surface area contributed by atoms with Crippen LogP contribution in [0.15, 0.2) is 54.9 Å². The van der Waals surface area contributed by atoms with Crippen molar-refractivity contribution in [3.63, 3.8) is 0 Å². The van der Waals surface area contributed by atoms with Crippen molar-refractivity contribution in [3.8, 4) is 28.0 Å². The summed E-state index contributed by atoms with van der Waals surface area (Å²) in [6.07, 6.45) is 3.52. The minimum Gasteiger partial charge on any atom is -0.496 e. The summed E-state index contributed by atoms with van der Waals surface area (Å²) in [7, 11) is 4.87. The average molecular weight is 517 g/mol. The highest BCUT2D eigenvalue weighted by Crippen LogP contribution is 2.37. The predicted octanol–water partition coefficient (Wildman–Crippen LogP) is 4.18. The normalized spacial score (nSPS) is 13.1. The Bertz CT molecular complexity index is 1520. The molecule has 0 radical (unpaired) electrons. The highest BCUT2D eigenvalue weighted by molar-refractivity contribution is 6.02. The zero-order valence-corrected chi connectivity index (χ0v) is 21.5. The summed E-state index contributed by atoms with van der Waals surface area (Å²) in [5, 5.41) is 6.62. The van der Waals surface area contributed by atoms with Crippen LogP contribution in [0.4, 0.5) is 14.9 Å². The second-order valence-electron chi connectivity index (χ2n) is 9.25. The first-order valence-electron chi connectivity index (χ1n) is 12.3. The first-order chi connectivity index (χ1) is 18.4. The predicted molar refractivity (Wildman–Crippen MR) is 145 cm³/mol. The van der Waals surface area contributed by atoms with E-state index in [1.807, 2.05) is 36.5 Å². The number of H-pyrrole nitrogens is 1. The number of aromatic nitrogens is 2. The standard InChI is InChI=1S/C28H29FN6O3/c1-34(2)27(36)21-12-17(14-23(29)25(21)30-8-10-35-11-9-31-28(35)37)18-13-20-22(16-33-26(20)32-15-18)19-6-4-5-7-24(19)38-3/h4-7,12-16,30H,8-11H2,1-3H3,(H,31,37)(H,32,33). The maximum absolute atomic E-state index is 15.5. The monoisotopic (exact) mass is 516 g/mol. The molecule has 4 aromatic rings. The molecule has 196 valence electrons. The number of benzene rings is 2. The number of aromatic amines is 1. The molecule has 10 heteroatoms. The van der Waals surface area contributed by atoms with Crippen molar-refractivity contribution < 1.29 is 18.7 Å². The molecule has 2 aromatic carbocycles. The minimum absolute atomic E-state index is 0.109. The molecule has 3 amide bonds. The number of amides is 3. The lowest BCUT2D eigenvalue weighted by atomic mass is 9.99. The topological polar surface area (TPSA) is 103 Å². The maximum atomic E-state index is 15.5. The second kappa shape index (κ2) is 10.4. The van der Waals surface area contributed by atoms with Gasteiger partial charge in [0.2, 0.25) is 0 Å². The molecule has 9 nitrogen and oxygen atoms in total. The lowest BCUT2D eigenvalue weighted by Gasteiger charge is -2.19. The lowest BCUT2D eigenvalue weighted by Crippen LogP contribution is -2.33. The number of fused-ring (bicyclic) bond motifs is 1. The fourth-order valence-corrected chi connectivity index (χ4v) is 4.65. The van der Waals surface area contributed by atoms with E-state index in [0.29, 0.717) is 43.0 Å². The number of anilines is 1. The Kier molecular flexibility index (Phi) is 6.87. The molecule has 0 atom stereocenters. The molecule has 3 heterocycles. The Balaban J connectivity index is 1.52. The molecule has 1 saturated heterocycles.